The van der Waals surface area contributed by atoms with Crippen LogP contribution in [-0.2, 0) is 27.2 Å². The number of carbonyl (C=O) groups is 2. The number of ether oxygens (including phenoxy) is 2. The second-order valence-corrected chi connectivity index (χ2v) is 13.5. The molecule has 1 saturated carbocycles. The summed E-state index contributed by atoms with van der Waals surface area (Å²) in [5.74, 6) is 7.53. The number of fused-ring (bicyclic) bond motifs is 3. The summed E-state index contributed by atoms with van der Waals surface area (Å²) in [7, 11) is 1.50. The van der Waals surface area contributed by atoms with Gasteiger partial charge in [-0.2, -0.15) is 0 Å². The van der Waals surface area contributed by atoms with Crippen LogP contribution in [-0.4, -0.2) is 48.1 Å². The highest BCUT2D eigenvalue weighted by Crippen LogP contribution is 2.47. The van der Waals surface area contributed by atoms with Crippen LogP contribution in [0, 0.1) is 23.2 Å². The molecule has 3 atom stereocenters. The number of phenolic OH excluding ortho intramolecular Hbond substituents is 1. The molecule has 0 radical (unpaired) electrons. The van der Waals surface area contributed by atoms with Crippen LogP contribution in [0.4, 0.5) is 0 Å². The molecule has 2 aromatic rings. The van der Waals surface area contributed by atoms with Crippen LogP contribution in [0.2, 0.25) is 0 Å². The van der Waals surface area contributed by atoms with Crippen LogP contribution in [0.5, 0.6) is 11.5 Å². The number of Topliss-reactive ketones (excluding diaryl/α,β-unsaturated/α-hetero) is 1. The molecule has 8 heteroatoms. The number of aromatic hydroxyl groups is 1. The first-order valence-electron chi connectivity index (χ1n) is 17.4. The first-order valence-corrected chi connectivity index (χ1v) is 17.4. The minimum atomic E-state index is -0.482. The fourth-order valence-corrected chi connectivity index (χ4v) is 7.63. The molecule has 3 aliphatic rings. The number of nitrogens with one attached hydrogen (secondary N) is 3. The number of H-pyrrole nitrogens is 1. The Bertz CT molecular complexity index is 1520. The molecular weight excluding hydrogens is 590 g/mol. The molecule has 3 heterocycles. The van der Waals surface area contributed by atoms with E-state index in [1.54, 1.807) is 18.2 Å². The average molecular weight is 642 g/mol. The molecule has 1 aromatic heterocycles. The molecular formula is C39H51N3O5. The SMILES string of the molecule is CC[C@H]1CC[C@@H](OC(C)=O)CC(=O)C[C@H](c2ccc(O)c(OC)c2)C#CCNC2=CC(=CCN2)C2(CCCCC2)Cc2c[nH]cc2C1. The smallest absolute Gasteiger partial charge is 0.302 e. The largest absolute Gasteiger partial charge is 0.504 e. The normalized spacial score (nSPS) is 23.8. The van der Waals surface area contributed by atoms with E-state index >= 15 is 0 Å². The number of methoxy groups -OCH3 is 1. The van der Waals surface area contributed by atoms with Crippen molar-refractivity contribution in [3.63, 3.8) is 0 Å². The van der Waals surface area contributed by atoms with E-state index in [1.807, 2.05) is 0 Å². The Morgan fingerprint density at radius 3 is 2.64 bits per heavy atom. The number of aromatic amines is 1. The molecule has 0 amide bonds. The van der Waals surface area contributed by atoms with Crippen molar-refractivity contribution in [3.8, 4) is 23.3 Å². The molecule has 5 rings (SSSR count). The van der Waals surface area contributed by atoms with Crippen molar-refractivity contribution >= 4 is 11.8 Å². The molecule has 1 aromatic carbocycles. The van der Waals surface area contributed by atoms with Gasteiger partial charge in [-0.3, -0.25) is 9.59 Å². The molecule has 47 heavy (non-hydrogen) atoms. The number of hydrogen-bond donors (Lipinski definition) is 4. The highest BCUT2D eigenvalue weighted by atomic mass is 16.5. The minimum absolute atomic E-state index is 0.0184. The number of rotatable bonds is 4. The van der Waals surface area contributed by atoms with E-state index in [1.165, 1.54) is 62.8 Å². The lowest BCUT2D eigenvalue weighted by Crippen LogP contribution is -2.35. The van der Waals surface area contributed by atoms with E-state index in [-0.39, 0.29) is 35.8 Å². The Morgan fingerprint density at radius 2 is 1.87 bits per heavy atom. The number of esters is 1. The van der Waals surface area contributed by atoms with Crippen molar-refractivity contribution < 1.29 is 24.2 Å². The van der Waals surface area contributed by atoms with E-state index in [0.29, 0.717) is 24.6 Å². The van der Waals surface area contributed by atoms with Crippen molar-refractivity contribution in [2.45, 2.75) is 103 Å². The fourth-order valence-electron chi connectivity index (χ4n) is 7.63. The molecule has 8 nitrogen and oxygen atoms in total. The van der Waals surface area contributed by atoms with Gasteiger partial charge in [-0.25, -0.2) is 0 Å². The Labute approximate surface area is 279 Å². The van der Waals surface area contributed by atoms with E-state index in [2.05, 4.69) is 58.9 Å². The summed E-state index contributed by atoms with van der Waals surface area (Å²) in [5.41, 5.74) is 5.07. The van der Waals surface area contributed by atoms with Gasteiger partial charge in [0, 0.05) is 38.7 Å². The van der Waals surface area contributed by atoms with Crippen LogP contribution in [0.15, 0.2) is 54.1 Å². The first kappa shape index (κ1) is 34.2. The van der Waals surface area contributed by atoms with Gasteiger partial charge in [-0.15, -0.1) is 0 Å². The minimum Gasteiger partial charge on any atom is -0.504 e. The summed E-state index contributed by atoms with van der Waals surface area (Å²) in [6.07, 6.45) is 19.5. The van der Waals surface area contributed by atoms with Gasteiger partial charge in [0.1, 0.15) is 11.9 Å². The van der Waals surface area contributed by atoms with Crippen molar-refractivity contribution in [1.29, 1.82) is 0 Å². The summed E-state index contributed by atoms with van der Waals surface area (Å²) in [6.45, 7) is 4.81. The van der Waals surface area contributed by atoms with Crippen LogP contribution in [0.25, 0.3) is 0 Å². The average Bonchev–Trinajstić information content (AvgIpc) is 3.50. The second-order valence-electron chi connectivity index (χ2n) is 13.5. The number of benzene rings is 1. The number of hydrogen-bond acceptors (Lipinski definition) is 7. The fraction of sp³-hybridized carbons (Fsp3) is 0.538. The monoisotopic (exact) mass is 641 g/mol. The maximum absolute atomic E-state index is 13.5. The summed E-state index contributed by atoms with van der Waals surface area (Å²) in [6, 6.07) is 5.10. The molecule has 0 saturated heterocycles. The maximum Gasteiger partial charge on any atom is 0.302 e. The lowest BCUT2D eigenvalue weighted by Gasteiger charge is -2.40. The third kappa shape index (κ3) is 9.03. The quantitative estimate of drug-likeness (QED) is 0.220. The molecule has 0 unspecified atom stereocenters. The third-order valence-electron chi connectivity index (χ3n) is 10.2. The zero-order chi connectivity index (χ0) is 33.2. The zero-order valence-electron chi connectivity index (χ0n) is 28.3. The van der Waals surface area contributed by atoms with Gasteiger partial charge in [-0.1, -0.05) is 56.6 Å². The summed E-state index contributed by atoms with van der Waals surface area (Å²) in [4.78, 5) is 29.1. The van der Waals surface area contributed by atoms with Crippen LogP contribution < -0.4 is 15.4 Å². The molecule has 1 fully saturated rings. The number of allylic oxidation sites excluding steroid dienone is 2. The number of carbonyl (C=O) groups excluding carboxylic acids is 2. The third-order valence-corrected chi connectivity index (χ3v) is 10.2. The predicted octanol–water partition coefficient (Wildman–Crippen LogP) is 6.61. The van der Waals surface area contributed by atoms with Gasteiger partial charge in [0.25, 0.3) is 0 Å². The van der Waals surface area contributed by atoms with Gasteiger partial charge < -0.3 is 30.2 Å². The Balaban J connectivity index is 1.48. The molecule has 252 valence electrons. The number of ketones is 1. The highest BCUT2D eigenvalue weighted by molar-refractivity contribution is 5.80. The molecule has 2 aliphatic heterocycles. The van der Waals surface area contributed by atoms with Gasteiger partial charge >= 0.3 is 5.97 Å². The van der Waals surface area contributed by atoms with Gasteiger partial charge in [-0.05, 0) is 90.3 Å². The van der Waals surface area contributed by atoms with E-state index in [9.17, 15) is 14.7 Å². The number of aromatic nitrogens is 1. The molecule has 2 bridgehead atoms. The Hall–Kier alpha value is -4.12. The second kappa shape index (κ2) is 16.1. The standard InChI is InChI=1S/C39H51N3O5/c1-4-28-10-12-35(47-27(2)43)23-34(44)20-29(30-11-13-36(45)37(21-30)46-3)9-8-17-41-38-22-33(14-18-42-38)39(15-6-5-7-16-39)24-32-26-40-25-31(32)19-28/h11,13-14,21-22,25-26,28-29,35,40-42,45H,4-7,10,12,15-20,23-24H2,1-3H3/t28-,29+,35+/m0/s1. The lowest BCUT2D eigenvalue weighted by atomic mass is 9.65. The summed E-state index contributed by atoms with van der Waals surface area (Å²) >= 11 is 0. The highest BCUT2D eigenvalue weighted by Gasteiger charge is 2.37. The molecule has 4 N–H and O–H groups in total. The van der Waals surface area contributed by atoms with E-state index in [4.69, 9.17) is 9.47 Å². The van der Waals surface area contributed by atoms with E-state index < -0.39 is 12.0 Å². The maximum atomic E-state index is 13.5. The zero-order valence-corrected chi connectivity index (χ0v) is 28.3. The van der Waals surface area contributed by atoms with Crippen LogP contribution in [0.1, 0.15) is 101 Å². The number of dihydropyridines is 1. The Morgan fingerprint density at radius 1 is 1.06 bits per heavy atom. The topological polar surface area (TPSA) is 113 Å². The molecule has 1 aliphatic carbocycles. The molecule has 1 spiro atoms. The van der Waals surface area contributed by atoms with Gasteiger partial charge in [0.15, 0.2) is 11.5 Å². The van der Waals surface area contributed by atoms with Crippen molar-refractivity contribution in [1.82, 2.24) is 15.6 Å². The Kier molecular flexibility index (Phi) is 11.7. The van der Waals surface area contributed by atoms with Crippen LogP contribution in [0.3, 0.4) is 0 Å². The van der Waals surface area contributed by atoms with Crippen molar-refractivity contribution in [2.75, 3.05) is 20.2 Å². The van der Waals surface area contributed by atoms with Gasteiger partial charge in [0.05, 0.1) is 25.4 Å². The first-order chi connectivity index (χ1) is 22.8. The van der Waals surface area contributed by atoms with Crippen molar-refractivity contribution in [3.05, 3.63) is 70.8 Å². The lowest BCUT2D eigenvalue weighted by molar-refractivity contribution is -0.148. The number of phenols is 1. The van der Waals surface area contributed by atoms with Crippen LogP contribution >= 0.6 is 0 Å². The summed E-state index contributed by atoms with van der Waals surface area (Å²) < 4.78 is 11.1. The van der Waals surface area contributed by atoms with Crippen molar-refractivity contribution in [2.24, 2.45) is 11.3 Å². The summed E-state index contributed by atoms with van der Waals surface area (Å²) in [5, 5.41) is 17.2. The predicted molar refractivity (Wildman–Crippen MR) is 184 cm³/mol. The van der Waals surface area contributed by atoms with Gasteiger partial charge in [0.2, 0.25) is 0 Å². The van der Waals surface area contributed by atoms with E-state index in [0.717, 1.165) is 43.6 Å².